The highest BCUT2D eigenvalue weighted by atomic mass is 32.2. The normalized spacial score (nSPS) is 13.0. The monoisotopic (exact) mass is 252 g/mol. The minimum atomic E-state index is -3.58. The molecule has 1 unspecified atom stereocenters. The molecule has 0 bridgehead atoms. The first kappa shape index (κ1) is 13.7. The summed E-state index contributed by atoms with van der Waals surface area (Å²) in [6.07, 6.45) is 1.96. The Balaban J connectivity index is 2.89. The second kappa shape index (κ2) is 5.80. The molecule has 5 heteroatoms. The highest BCUT2D eigenvalue weighted by molar-refractivity contribution is 7.89. The Hall–Kier alpha value is -1.38. The minimum absolute atomic E-state index is 0.194. The Bertz CT molecular complexity index is 500. The summed E-state index contributed by atoms with van der Waals surface area (Å²) < 4.78 is 25.9. The van der Waals surface area contributed by atoms with E-state index in [0.717, 1.165) is 18.4 Å². The van der Waals surface area contributed by atoms with Crippen molar-refractivity contribution in [2.45, 2.75) is 37.6 Å². The molecule has 0 saturated heterocycles. The third-order valence-electron chi connectivity index (χ3n) is 2.30. The van der Waals surface area contributed by atoms with Crippen LogP contribution < -0.4 is 4.72 Å². The van der Waals surface area contributed by atoms with Crippen LogP contribution in [0.15, 0.2) is 29.2 Å². The number of nitrogens with one attached hydrogen (secondary N) is 1. The van der Waals surface area contributed by atoms with Gasteiger partial charge in [-0.05, 0) is 31.0 Å². The summed E-state index contributed by atoms with van der Waals surface area (Å²) in [7, 11) is -3.58. The van der Waals surface area contributed by atoms with Gasteiger partial charge in [0.1, 0.15) is 6.04 Å². The number of benzene rings is 1. The molecule has 1 atom stereocenters. The smallest absolute Gasteiger partial charge is 0.207 e. The molecule has 0 heterocycles. The van der Waals surface area contributed by atoms with Gasteiger partial charge in [-0.3, -0.25) is 0 Å². The van der Waals surface area contributed by atoms with E-state index < -0.39 is 16.1 Å². The van der Waals surface area contributed by atoms with Crippen LogP contribution in [-0.4, -0.2) is 14.5 Å². The van der Waals surface area contributed by atoms with E-state index in [0.29, 0.717) is 0 Å². The maximum atomic E-state index is 11.8. The molecule has 4 nitrogen and oxygen atoms in total. The average Bonchev–Trinajstić information content (AvgIpc) is 2.29. The van der Waals surface area contributed by atoms with Crippen molar-refractivity contribution in [3.05, 3.63) is 29.8 Å². The lowest BCUT2D eigenvalue weighted by molar-refractivity contribution is 0.577. The van der Waals surface area contributed by atoms with Crippen LogP contribution in [0.2, 0.25) is 0 Å². The third-order valence-corrected chi connectivity index (χ3v) is 3.85. The number of hydrogen-bond donors (Lipinski definition) is 1. The van der Waals surface area contributed by atoms with Gasteiger partial charge in [0.05, 0.1) is 11.0 Å². The van der Waals surface area contributed by atoms with Crippen molar-refractivity contribution < 1.29 is 8.42 Å². The summed E-state index contributed by atoms with van der Waals surface area (Å²) in [5, 5.41) is 8.58. The Morgan fingerprint density at radius 1 is 1.35 bits per heavy atom. The molecule has 0 aromatic heterocycles. The Morgan fingerprint density at radius 3 is 2.41 bits per heavy atom. The molecule has 0 radical (unpaired) electrons. The molecule has 0 saturated carbocycles. The lowest BCUT2D eigenvalue weighted by Crippen LogP contribution is -2.31. The Labute approximate surface area is 102 Å². The molecule has 1 aromatic rings. The summed E-state index contributed by atoms with van der Waals surface area (Å²) in [5.74, 6) is 0. The van der Waals surface area contributed by atoms with Crippen LogP contribution in [0.25, 0.3) is 0 Å². The summed E-state index contributed by atoms with van der Waals surface area (Å²) >= 11 is 0. The zero-order valence-electron chi connectivity index (χ0n) is 9.97. The molecule has 1 N–H and O–H groups in total. The maximum Gasteiger partial charge on any atom is 0.241 e. The summed E-state index contributed by atoms with van der Waals surface area (Å²) in [6, 6.07) is 7.84. The predicted molar refractivity (Wildman–Crippen MR) is 65.8 cm³/mol. The number of aryl methyl sites for hydroxylation is 1. The molecular formula is C12H16N2O2S. The minimum Gasteiger partial charge on any atom is -0.207 e. The number of rotatable bonds is 5. The molecule has 0 amide bonds. The maximum absolute atomic E-state index is 11.8. The zero-order chi connectivity index (χ0) is 12.9. The third kappa shape index (κ3) is 3.84. The summed E-state index contributed by atoms with van der Waals surface area (Å²) in [6.45, 7) is 3.57. The fraction of sp³-hybridized carbons (Fsp3) is 0.417. The first-order valence-electron chi connectivity index (χ1n) is 5.50. The largest absolute Gasteiger partial charge is 0.241 e. The van der Waals surface area contributed by atoms with E-state index in [9.17, 15) is 8.42 Å². The first-order chi connectivity index (χ1) is 7.99. The lowest BCUT2D eigenvalue weighted by atomic mass is 10.1. The van der Waals surface area contributed by atoms with Gasteiger partial charge in [-0.2, -0.15) is 9.98 Å². The van der Waals surface area contributed by atoms with Gasteiger partial charge < -0.3 is 0 Å². The van der Waals surface area contributed by atoms with Gasteiger partial charge in [0.15, 0.2) is 0 Å². The van der Waals surface area contributed by atoms with Crippen molar-refractivity contribution in [3.8, 4) is 6.07 Å². The lowest BCUT2D eigenvalue weighted by Gasteiger charge is -2.08. The molecular weight excluding hydrogens is 236 g/mol. The summed E-state index contributed by atoms with van der Waals surface area (Å²) in [5.41, 5.74) is 1.11. The second-order valence-electron chi connectivity index (χ2n) is 3.87. The number of sulfonamides is 1. The first-order valence-corrected chi connectivity index (χ1v) is 6.99. The molecule has 17 heavy (non-hydrogen) atoms. The standard InChI is InChI=1S/C12H16N2O2S/c1-3-4-11-5-7-12(8-6-11)17(15,16)14-10(2)9-13/h5-8,10,14H,3-4H2,1-2H3. The van der Waals surface area contributed by atoms with E-state index in [4.69, 9.17) is 5.26 Å². The van der Waals surface area contributed by atoms with Crippen molar-refractivity contribution in [1.82, 2.24) is 4.72 Å². The van der Waals surface area contributed by atoms with E-state index in [2.05, 4.69) is 11.6 Å². The molecule has 0 spiro atoms. The Morgan fingerprint density at radius 2 is 1.94 bits per heavy atom. The van der Waals surface area contributed by atoms with Gasteiger partial charge in [-0.15, -0.1) is 0 Å². The highest BCUT2D eigenvalue weighted by Gasteiger charge is 2.16. The van der Waals surface area contributed by atoms with Gasteiger partial charge in [0.25, 0.3) is 0 Å². The van der Waals surface area contributed by atoms with Crippen molar-refractivity contribution in [3.63, 3.8) is 0 Å². The van der Waals surface area contributed by atoms with Crippen molar-refractivity contribution in [2.24, 2.45) is 0 Å². The molecule has 0 fully saturated rings. The van der Waals surface area contributed by atoms with Crippen LogP contribution >= 0.6 is 0 Å². The van der Waals surface area contributed by atoms with E-state index >= 15 is 0 Å². The highest BCUT2D eigenvalue weighted by Crippen LogP contribution is 2.12. The van der Waals surface area contributed by atoms with Gasteiger partial charge >= 0.3 is 0 Å². The fourth-order valence-corrected chi connectivity index (χ4v) is 2.60. The van der Waals surface area contributed by atoms with Crippen LogP contribution in [-0.2, 0) is 16.4 Å². The van der Waals surface area contributed by atoms with Gasteiger partial charge in [0, 0.05) is 0 Å². The van der Waals surface area contributed by atoms with Gasteiger partial charge in [0.2, 0.25) is 10.0 Å². The SMILES string of the molecule is CCCc1ccc(S(=O)(=O)NC(C)C#N)cc1. The zero-order valence-corrected chi connectivity index (χ0v) is 10.8. The number of nitrogens with zero attached hydrogens (tertiary/aromatic N) is 1. The molecule has 92 valence electrons. The van der Waals surface area contributed by atoms with Crippen LogP contribution in [0.5, 0.6) is 0 Å². The molecule has 0 aliphatic rings. The second-order valence-corrected chi connectivity index (χ2v) is 5.58. The molecule has 0 aliphatic heterocycles. The molecule has 0 aliphatic carbocycles. The van der Waals surface area contributed by atoms with Crippen molar-refractivity contribution >= 4 is 10.0 Å². The van der Waals surface area contributed by atoms with Crippen LogP contribution in [0.4, 0.5) is 0 Å². The molecule has 1 rings (SSSR count). The van der Waals surface area contributed by atoms with Crippen LogP contribution in [0.3, 0.4) is 0 Å². The van der Waals surface area contributed by atoms with Gasteiger partial charge in [-0.1, -0.05) is 25.5 Å². The van der Waals surface area contributed by atoms with Crippen molar-refractivity contribution in [2.75, 3.05) is 0 Å². The topological polar surface area (TPSA) is 70.0 Å². The van der Waals surface area contributed by atoms with Gasteiger partial charge in [-0.25, -0.2) is 8.42 Å². The number of nitriles is 1. The predicted octanol–water partition coefficient (Wildman–Crippen LogP) is 1.83. The fourth-order valence-electron chi connectivity index (χ4n) is 1.45. The van der Waals surface area contributed by atoms with E-state index in [1.54, 1.807) is 24.3 Å². The molecule has 1 aromatic carbocycles. The summed E-state index contributed by atoms with van der Waals surface area (Å²) in [4.78, 5) is 0.194. The quantitative estimate of drug-likeness (QED) is 0.869. The van der Waals surface area contributed by atoms with Crippen LogP contribution in [0.1, 0.15) is 25.8 Å². The van der Waals surface area contributed by atoms with E-state index in [1.807, 2.05) is 6.07 Å². The Kier molecular flexibility index (Phi) is 4.67. The average molecular weight is 252 g/mol. The van der Waals surface area contributed by atoms with Crippen LogP contribution in [0, 0.1) is 11.3 Å². The number of hydrogen-bond acceptors (Lipinski definition) is 3. The van der Waals surface area contributed by atoms with E-state index in [1.165, 1.54) is 6.92 Å². The van der Waals surface area contributed by atoms with E-state index in [-0.39, 0.29) is 4.90 Å². The van der Waals surface area contributed by atoms with Crippen molar-refractivity contribution in [1.29, 1.82) is 5.26 Å².